The minimum absolute atomic E-state index is 0.0309. The lowest BCUT2D eigenvalue weighted by atomic mass is 10.2. The number of rotatable bonds is 6. The summed E-state index contributed by atoms with van der Waals surface area (Å²) in [7, 11) is 1.76. The zero-order valence-electron chi connectivity index (χ0n) is 21.7. The van der Waals surface area contributed by atoms with Crippen LogP contribution in [-0.4, -0.2) is 47.8 Å². The molecule has 0 unspecified atom stereocenters. The maximum Gasteiger partial charge on any atom is 0.371 e. The summed E-state index contributed by atoms with van der Waals surface area (Å²) >= 11 is 1.50. The van der Waals surface area contributed by atoms with Crippen molar-refractivity contribution >= 4 is 51.5 Å². The Morgan fingerprint density at radius 3 is 2.15 bits per heavy atom. The summed E-state index contributed by atoms with van der Waals surface area (Å²) in [5, 5.41) is 28.9. The van der Waals surface area contributed by atoms with E-state index in [1.165, 1.54) is 17.8 Å². The molecule has 0 saturated carbocycles. The zero-order chi connectivity index (χ0) is 29.4. The Hall–Kier alpha value is -5.29. The highest BCUT2D eigenvalue weighted by Gasteiger charge is 2.11. The molecule has 6 rings (SSSR count). The molecule has 41 heavy (non-hydrogen) atoms. The van der Waals surface area contributed by atoms with Gasteiger partial charge in [0.15, 0.2) is 0 Å². The van der Waals surface area contributed by atoms with Gasteiger partial charge in [0, 0.05) is 35.1 Å². The number of aryl methyl sites for hydroxylation is 1. The number of fused-ring (bicyclic) bond motifs is 2. The number of thioether (sulfide) groups is 1. The van der Waals surface area contributed by atoms with Crippen LogP contribution in [0, 0.1) is 0 Å². The number of nitrogens with zero attached hydrogens (tertiary/aromatic N) is 2. The van der Waals surface area contributed by atoms with E-state index in [4.69, 9.17) is 19.7 Å². The zero-order valence-corrected chi connectivity index (χ0v) is 22.5. The molecule has 208 valence electrons. The van der Waals surface area contributed by atoms with Crippen LogP contribution in [0.1, 0.15) is 37.3 Å². The molecule has 0 radical (unpaired) electrons. The van der Waals surface area contributed by atoms with Crippen LogP contribution >= 0.6 is 11.8 Å². The highest BCUT2D eigenvalue weighted by atomic mass is 32.2. The Bertz CT molecular complexity index is 1770. The quantitative estimate of drug-likeness (QED) is 0.166. The van der Waals surface area contributed by atoms with Crippen LogP contribution < -0.4 is 0 Å². The fraction of sp³-hybridized carbons (Fsp3) is 0.0667. The summed E-state index contributed by atoms with van der Waals surface area (Å²) in [5.41, 5.74) is 2.35. The summed E-state index contributed by atoms with van der Waals surface area (Å²) in [4.78, 5) is 38.8. The standard InChI is InChI=1S/C11H9NO3S.C10H9NO2.C9H7NO2/c13-11(14)9-5-4-8(15-9)7-16-10-3-1-2-6-12-10;1-11-8-5-3-2-4-7(8)6-9(11)10(12)13;11-9(12)8-5-6-3-1-2-4-7(6)10-8/h1-6H,7H2,(H,13,14);2-6H,1H3,(H,12,13);1-5,10H,(H,11,12). The lowest BCUT2D eigenvalue weighted by molar-refractivity contribution is 0.0656. The number of pyridine rings is 1. The van der Waals surface area contributed by atoms with Crippen LogP contribution in [0.15, 0.2) is 107 Å². The molecular formula is C30H25N3O7S. The highest BCUT2D eigenvalue weighted by Crippen LogP contribution is 2.22. The van der Waals surface area contributed by atoms with Crippen molar-refractivity contribution in [1.29, 1.82) is 0 Å². The van der Waals surface area contributed by atoms with Crippen molar-refractivity contribution in [3.05, 3.63) is 120 Å². The van der Waals surface area contributed by atoms with E-state index in [0.717, 1.165) is 26.8 Å². The number of hydrogen-bond donors (Lipinski definition) is 4. The molecule has 0 amide bonds. The number of aromatic amines is 1. The maximum absolute atomic E-state index is 10.8. The summed E-state index contributed by atoms with van der Waals surface area (Å²) in [6.07, 6.45) is 1.72. The van der Waals surface area contributed by atoms with Crippen molar-refractivity contribution in [3.63, 3.8) is 0 Å². The fourth-order valence-corrected chi connectivity index (χ4v) is 4.59. The van der Waals surface area contributed by atoms with E-state index in [0.29, 0.717) is 17.2 Å². The highest BCUT2D eigenvalue weighted by molar-refractivity contribution is 7.98. The molecule has 0 fully saturated rings. The third-order valence-corrected chi connectivity index (χ3v) is 6.77. The van der Waals surface area contributed by atoms with Gasteiger partial charge in [0.1, 0.15) is 17.1 Å². The van der Waals surface area contributed by atoms with Gasteiger partial charge in [0.25, 0.3) is 0 Å². The van der Waals surface area contributed by atoms with Gasteiger partial charge >= 0.3 is 17.9 Å². The van der Waals surface area contributed by atoms with Crippen LogP contribution in [0.25, 0.3) is 21.8 Å². The van der Waals surface area contributed by atoms with Crippen LogP contribution in [0.5, 0.6) is 0 Å². The van der Waals surface area contributed by atoms with Crippen LogP contribution in [0.2, 0.25) is 0 Å². The molecule has 0 aliphatic carbocycles. The summed E-state index contributed by atoms with van der Waals surface area (Å²) in [5.74, 6) is -1.69. The molecule has 0 bridgehead atoms. The number of furan rings is 1. The Labute approximate surface area is 237 Å². The normalized spacial score (nSPS) is 10.4. The van der Waals surface area contributed by atoms with Crippen LogP contribution in [0.3, 0.4) is 0 Å². The molecule has 4 heterocycles. The molecule has 2 aromatic carbocycles. The predicted octanol–water partition coefficient (Wildman–Crippen LogP) is 6.41. The third-order valence-electron chi connectivity index (χ3n) is 5.80. The van der Waals surface area contributed by atoms with Crippen LogP contribution in [0.4, 0.5) is 0 Å². The first-order valence-corrected chi connectivity index (χ1v) is 13.2. The Morgan fingerprint density at radius 2 is 1.54 bits per heavy atom. The molecule has 0 atom stereocenters. The molecule has 0 aliphatic heterocycles. The van der Waals surface area contributed by atoms with Gasteiger partial charge in [-0.3, -0.25) is 0 Å². The van der Waals surface area contributed by atoms with Crippen molar-refractivity contribution < 1.29 is 34.1 Å². The van der Waals surface area contributed by atoms with E-state index >= 15 is 0 Å². The number of carboxylic acid groups (broad SMARTS) is 3. The number of aromatic carboxylic acids is 3. The van der Waals surface area contributed by atoms with Gasteiger partial charge in [-0.25, -0.2) is 19.4 Å². The topological polar surface area (TPSA) is 159 Å². The van der Waals surface area contributed by atoms with Crippen molar-refractivity contribution in [2.75, 3.05) is 0 Å². The number of nitrogens with one attached hydrogen (secondary N) is 1. The molecule has 0 saturated heterocycles. The SMILES string of the molecule is Cn1c(C(=O)O)cc2ccccc21.O=C(O)c1cc2ccccc2[nH]1.O=C(O)c1ccc(CSc2ccccn2)o1. The molecule has 6 aromatic rings. The lowest BCUT2D eigenvalue weighted by Crippen LogP contribution is -2.03. The molecule has 10 nitrogen and oxygen atoms in total. The first-order valence-electron chi connectivity index (χ1n) is 12.2. The van der Waals surface area contributed by atoms with E-state index in [-0.39, 0.29) is 11.5 Å². The van der Waals surface area contributed by atoms with Gasteiger partial charge < -0.3 is 29.3 Å². The van der Waals surface area contributed by atoms with E-state index in [1.54, 1.807) is 36.0 Å². The number of hydrogen-bond acceptors (Lipinski definition) is 6. The molecule has 4 N–H and O–H groups in total. The second kappa shape index (κ2) is 13.2. The number of para-hydroxylation sites is 2. The van der Waals surface area contributed by atoms with Gasteiger partial charge in [0.2, 0.25) is 5.76 Å². The third kappa shape index (κ3) is 7.43. The monoisotopic (exact) mass is 571 g/mol. The fourth-order valence-electron chi connectivity index (χ4n) is 3.83. The van der Waals surface area contributed by atoms with Gasteiger partial charge in [-0.2, -0.15) is 0 Å². The number of aromatic nitrogens is 3. The second-order valence-electron chi connectivity index (χ2n) is 8.56. The van der Waals surface area contributed by atoms with Crippen molar-refractivity contribution in [1.82, 2.24) is 14.5 Å². The number of carboxylic acids is 3. The van der Waals surface area contributed by atoms with Crippen LogP contribution in [-0.2, 0) is 12.8 Å². The number of H-pyrrole nitrogens is 1. The molecule has 11 heteroatoms. The van der Waals surface area contributed by atoms with Crippen molar-refractivity contribution in [2.45, 2.75) is 10.8 Å². The minimum atomic E-state index is -1.05. The van der Waals surface area contributed by atoms with E-state index in [2.05, 4.69) is 9.97 Å². The second-order valence-corrected chi connectivity index (χ2v) is 9.55. The number of carbonyl (C=O) groups is 3. The maximum atomic E-state index is 10.8. The molecule has 0 aliphatic rings. The molecule has 4 aromatic heterocycles. The average Bonchev–Trinajstić information content (AvgIpc) is 3.71. The van der Waals surface area contributed by atoms with Crippen molar-refractivity contribution in [2.24, 2.45) is 7.05 Å². The Balaban J connectivity index is 0.000000143. The van der Waals surface area contributed by atoms with Gasteiger partial charge in [-0.05, 0) is 48.5 Å². The van der Waals surface area contributed by atoms with Crippen molar-refractivity contribution in [3.8, 4) is 0 Å². The van der Waals surface area contributed by atoms with E-state index in [9.17, 15) is 14.4 Å². The minimum Gasteiger partial charge on any atom is -0.477 e. The molecular weight excluding hydrogens is 546 g/mol. The van der Waals surface area contributed by atoms with Gasteiger partial charge in [0.05, 0.1) is 10.8 Å². The Morgan fingerprint density at radius 1 is 0.829 bits per heavy atom. The lowest BCUT2D eigenvalue weighted by Gasteiger charge is -1.97. The first-order chi connectivity index (χ1) is 19.7. The largest absolute Gasteiger partial charge is 0.477 e. The smallest absolute Gasteiger partial charge is 0.371 e. The predicted molar refractivity (Wildman–Crippen MR) is 155 cm³/mol. The van der Waals surface area contributed by atoms with E-state index < -0.39 is 17.9 Å². The summed E-state index contributed by atoms with van der Waals surface area (Å²) < 4.78 is 6.80. The number of benzene rings is 2. The first kappa shape index (κ1) is 28.7. The molecule has 0 spiro atoms. The summed E-state index contributed by atoms with van der Waals surface area (Å²) in [6, 6.07) is 27.1. The van der Waals surface area contributed by atoms with Gasteiger partial charge in [-0.15, -0.1) is 0 Å². The average molecular weight is 572 g/mol. The summed E-state index contributed by atoms with van der Waals surface area (Å²) in [6.45, 7) is 0. The van der Waals surface area contributed by atoms with E-state index in [1.807, 2.05) is 66.7 Å². The van der Waals surface area contributed by atoms with Gasteiger partial charge in [-0.1, -0.05) is 54.2 Å². The Kier molecular flexibility index (Phi) is 9.23.